The third-order valence-corrected chi connectivity index (χ3v) is 5.03. The average Bonchev–Trinajstić information content (AvgIpc) is 3.00. The van der Waals surface area contributed by atoms with E-state index in [2.05, 4.69) is 24.0 Å². The molecular weight excluding hydrogens is 322 g/mol. The van der Waals surface area contributed by atoms with Crippen molar-refractivity contribution in [2.24, 2.45) is 0 Å². The molecule has 6 heteroatoms. The fraction of sp³-hybridized carbons (Fsp3) is 0.444. The standard InChI is InChI=1S/C18H23N3O2S/c1-13-6-4-5-7-16(13)21-9-8-19-18(21)24-12-17(22)20-10-14(2)23-15(3)11-20/h4-9,14-15H,10-12H2,1-3H3. The summed E-state index contributed by atoms with van der Waals surface area (Å²) < 4.78 is 7.73. The van der Waals surface area contributed by atoms with Gasteiger partial charge in [0.05, 0.1) is 23.6 Å². The lowest BCUT2D eigenvalue weighted by atomic mass is 10.2. The zero-order valence-electron chi connectivity index (χ0n) is 14.3. The molecule has 24 heavy (non-hydrogen) atoms. The van der Waals surface area contributed by atoms with Gasteiger partial charge in [-0.05, 0) is 32.4 Å². The van der Waals surface area contributed by atoms with Crippen LogP contribution in [0, 0.1) is 6.92 Å². The summed E-state index contributed by atoms with van der Waals surface area (Å²) in [5.74, 6) is 0.531. The van der Waals surface area contributed by atoms with Gasteiger partial charge in [-0.15, -0.1) is 0 Å². The van der Waals surface area contributed by atoms with Crippen molar-refractivity contribution >= 4 is 17.7 Å². The minimum Gasteiger partial charge on any atom is -0.372 e. The fourth-order valence-electron chi connectivity index (χ4n) is 3.01. The van der Waals surface area contributed by atoms with E-state index in [-0.39, 0.29) is 18.1 Å². The molecular formula is C18H23N3O2S. The van der Waals surface area contributed by atoms with Gasteiger partial charge in [-0.1, -0.05) is 30.0 Å². The Kier molecular flexibility index (Phi) is 5.26. The number of carbonyl (C=O) groups is 1. The molecule has 1 fully saturated rings. The molecule has 5 nitrogen and oxygen atoms in total. The number of hydrogen-bond acceptors (Lipinski definition) is 4. The summed E-state index contributed by atoms with van der Waals surface area (Å²) in [6.45, 7) is 7.42. The number of aromatic nitrogens is 2. The Hall–Kier alpha value is -1.79. The third kappa shape index (κ3) is 3.82. The first-order chi connectivity index (χ1) is 11.5. The van der Waals surface area contributed by atoms with Crippen LogP contribution in [0.4, 0.5) is 0 Å². The van der Waals surface area contributed by atoms with Crippen LogP contribution in [0.15, 0.2) is 41.8 Å². The summed E-state index contributed by atoms with van der Waals surface area (Å²) in [5, 5.41) is 0.840. The summed E-state index contributed by atoms with van der Waals surface area (Å²) >= 11 is 1.48. The average molecular weight is 345 g/mol. The maximum Gasteiger partial charge on any atom is 0.233 e. The molecule has 0 radical (unpaired) electrons. The Morgan fingerprint density at radius 1 is 1.29 bits per heavy atom. The minimum atomic E-state index is 0.0941. The minimum absolute atomic E-state index is 0.0941. The number of rotatable bonds is 4. The lowest BCUT2D eigenvalue weighted by Gasteiger charge is -2.35. The molecule has 2 aromatic rings. The third-order valence-electron chi connectivity index (χ3n) is 4.08. The van der Waals surface area contributed by atoms with Crippen LogP contribution >= 0.6 is 11.8 Å². The largest absolute Gasteiger partial charge is 0.372 e. The van der Waals surface area contributed by atoms with Crippen LogP contribution in [0.5, 0.6) is 0 Å². The van der Waals surface area contributed by atoms with Crippen LogP contribution in [-0.4, -0.2) is 51.4 Å². The summed E-state index contributed by atoms with van der Waals surface area (Å²) in [6, 6.07) is 8.17. The predicted octanol–water partition coefficient (Wildman–Crippen LogP) is 2.91. The number of imidazole rings is 1. The Bertz CT molecular complexity index is 706. The number of ether oxygens (including phenoxy) is 1. The zero-order chi connectivity index (χ0) is 17.1. The first-order valence-corrected chi connectivity index (χ1v) is 9.18. The number of morpholine rings is 1. The van der Waals surface area contributed by atoms with E-state index in [1.165, 1.54) is 17.3 Å². The topological polar surface area (TPSA) is 47.4 Å². The van der Waals surface area contributed by atoms with Gasteiger partial charge in [0.2, 0.25) is 5.91 Å². The molecule has 1 aromatic carbocycles. The lowest BCUT2D eigenvalue weighted by molar-refractivity contribution is -0.140. The second kappa shape index (κ2) is 7.40. The van der Waals surface area contributed by atoms with Crippen molar-refractivity contribution in [2.45, 2.75) is 38.1 Å². The zero-order valence-corrected chi connectivity index (χ0v) is 15.1. The number of nitrogens with zero attached hydrogens (tertiary/aromatic N) is 3. The highest BCUT2D eigenvalue weighted by molar-refractivity contribution is 7.99. The van der Waals surface area contributed by atoms with Gasteiger partial charge in [0.1, 0.15) is 0 Å². The summed E-state index contributed by atoms with van der Waals surface area (Å²) in [7, 11) is 0. The Morgan fingerprint density at radius 2 is 2.00 bits per heavy atom. The second-order valence-corrected chi connectivity index (χ2v) is 7.15. The van der Waals surface area contributed by atoms with Crippen molar-refractivity contribution < 1.29 is 9.53 Å². The highest BCUT2D eigenvalue weighted by Crippen LogP contribution is 2.23. The number of benzene rings is 1. The Morgan fingerprint density at radius 3 is 2.71 bits per heavy atom. The highest BCUT2D eigenvalue weighted by Gasteiger charge is 2.26. The van der Waals surface area contributed by atoms with E-state index in [9.17, 15) is 4.79 Å². The normalized spacial score (nSPS) is 21.0. The molecule has 0 spiro atoms. The summed E-state index contributed by atoms with van der Waals surface area (Å²) in [5.41, 5.74) is 2.28. The predicted molar refractivity (Wildman–Crippen MR) is 95.6 cm³/mol. The molecule has 2 unspecified atom stereocenters. The van der Waals surface area contributed by atoms with E-state index >= 15 is 0 Å². The first kappa shape index (κ1) is 17.0. The SMILES string of the molecule is Cc1ccccc1-n1ccnc1SCC(=O)N1CC(C)OC(C)C1. The van der Waals surface area contributed by atoms with Gasteiger partial charge in [-0.2, -0.15) is 0 Å². The molecule has 2 atom stereocenters. The van der Waals surface area contributed by atoms with Crippen LogP contribution in [0.1, 0.15) is 19.4 Å². The monoisotopic (exact) mass is 345 g/mol. The molecule has 128 valence electrons. The molecule has 2 heterocycles. The smallest absolute Gasteiger partial charge is 0.233 e. The number of amides is 1. The Balaban J connectivity index is 1.67. The molecule has 1 saturated heterocycles. The van der Waals surface area contributed by atoms with Crippen LogP contribution in [-0.2, 0) is 9.53 Å². The van der Waals surface area contributed by atoms with E-state index < -0.39 is 0 Å². The molecule has 0 bridgehead atoms. The highest BCUT2D eigenvalue weighted by atomic mass is 32.2. The van der Waals surface area contributed by atoms with Gasteiger partial charge in [0.15, 0.2) is 5.16 Å². The van der Waals surface area contributed by atoms with E-state index in [4.69, 9.17) is 4.74 Å². The number of para-hydroxylation sites is 1. The first-order valence-electron chi connectivity index (χ1n) is 8.20. The van der Waals surface area contributed by atoms with Crippen molar-refractivity contribution in [1.82, 2.24) is 14.5 Å². The van der Waals surface area contributed by atoms with Crippen LogP contribution in [0.3, 0.4) is 0 Å². The van der Waals surface area contributed by atoms with Crippen molar-refractivity contribution in [3.8, 4) is 5.69 Å². The fourth-order valence-corrected chi connectivity index (χ4v) is 3.88. The molecule has 0 aliphatic carbocycles. The number of carbonyl (C=O) groups excluding carboxylic acids is 1. The van der Waals surface area contributed by atoms with Gasteiger partial charge < -0.3 is 9.64 Å². The molecule has 1 aromatic heterocycles. The number of hydrogen-bond donors (Lipinski definition) is 0. The summed E-state index contributed by atoms with van der Waals surface area (Å²) in [4.78, 5) is 18.8. The van der Waals surface area contributed by atoms with Crippen LogP contribution in [0.2, 0.25) is 0 Å². The molecule has 3 rings (SSSR count). The quantitative estimate of drug-likeness (QED) is 0.800. The van der Waals surface area contributed by atoms with Crippen molar-refractivity contribution in [2.75, 3.05) is 18.8 Å². The lowest BCUT2D eigenvalue weighted by Crippen LogP contribution is -2.48. The second-order valence-electron chi connectivity index (χ2n) is 6.21. The van der Waals surface area contributed by atoms with Gasteiger partial charge in [0.25, 0.3) is 0 Å². The van der Waals surface area contributed by atoms with E-state index in [0.717, 1.165) is 10.8 Å². The number of thioether (sulfide) groups is 1. The van der Waals surface area contributed by atoms with Crippen molar-refractivity contribution in [3.63, 3.8) is 0 Å². The van der Waals surface area contributed by atoms with Gasteiger partial charge in [0, 0.05) is 25.5 Å². The van der Waals surface area contributed by atoms with E-state index in [1.807, 2.05) is 41.6 Å². The van der Waals surface area contributed by atoms with E-state index in [1.54, 1.807) is 6.20 Å². The Labute approximate surface area is 147 Å². The molecule has 1 amide bonds. The van der Waals surface area contributed by atoms with Gasteiger partial charge in [-0.3, -0.25) is 9.36 Å². The van der Waals surface area contributed by atoms with Crippen molar-refractivity contribution in [1.29, 1.82) is 0 Å². The van der Waals surface area contributed by atoms with Crippen molar-refractivity contribution in [3.05, 3.63) is 42.2 Å². The van der Waals surface area contributed by atoms with Crippen LogP contribution < -0.4 is 0 Å². The van der Waals surface area contributed by atoms with E-state index in [0.29, 0.717) is 18.8 Å². The molecule has 0 saturated carbocycles. The number of aryl methyl sites for hydroxylation is 1. The molecule has 1 aliphatic heterocycles. The maximum absolute atomic E-state index is 12.5. The molecule has 0 N–H and O–H groups in total. The molecule has 1 aliphatic rings. The van der Waals surface area contributed by atoms with Gasteiger partial charge in [-0.25, -0.2) is 4.98 Å². The maximum atomic E-state index is 12.5. The van der Waals surface area contributed by atoms with Gasteiger partial charge >= 0.3 is 0 Å². The van der Waals surface area contributed by atoms with Crippen LogP contribution in [0.25, 0.3) is 5.69 Å². The summed E-state index contributed by atoms with van der Waals surface area (Å²) in [6.07, 6.45) is 3.90.